The molecule has 0 aromatic heterocycles. The Kier molecular flexibility index (Phi) is 15.3. The smallest absolute Gasteiger partial charge is 0.187 e. The lowest BCUT2D eigenvalue weighted by molar-refractivity contribution is -0.392. The van der Waals surface area contributed by atoms with Gasteiger partial charge >= 0.3 is 0 Å². The normalized spacial score (nSPS) is 58.5. The molecule has 10 fully saturated rings. The molecule has 0 radical (unpaired) electrons. The Morgan fingerprint density at radius 1 is 0.560 bits per heavy atom. The number of aliphatic hydroxyl groups is 12. The van der Waals surface area contributed by atoms with E-state index in [4.69, 9.17) is 42.6 Å². The van der Waals surface area contributed by atoms with Gasteiger partial charge < -0.3 is 109 Å². The van der Waals surface area contributed by atoms with Gasteiger partial charge in [-0.2, -0.15) is 0 Å². The highest BCUT2D eigenvalue weighted by atomic mass is 16.8. The Morgan fingerprint density at radius 2 is 1.17 bits per heavy atom. The third kappa shape index (κ3) is 8.54. The van der Waals surface area contributed by atoms with Crippen molar-refractivity contribution in [2.24, 2.45) is 50.2 Å². The van der Waals surface area contributed by atoms with Gasteiger partial charge in [-0.15, -0.1) is 0 Å². The van der Waals surface area contributed by atoms with Gasteiger partial charge in [-0.05, 0) is 105 Å². The summed E-state index contributed by atoms with van der Waals surface area (Å²) >= 11 is 0. The molecule has 2 bridgehead atoms. The fraction of sp³-hybridized carbons (Fsp3) is 0.981. The van der Waals surface area contributed by atoms with Crippen LogP contribution in [0.2, 0.25) is 0 Å². The molecule has 5 aliphatic heterocycles. The van der Waals surface area contributed by atoms with Crippen molar-refractivity contribution in [3.8, 4) is 0 Å². The molecule has 30 unspecified atom stereocenters. The minimum absolute atomic E-state index is 0.0717. The van der Waals surface area contributed by atoms with Gasteiger partial charge in [0.25, 0.3) is 0 Å². The average molecular weight is 1080 g/mol. The zero-order chi connectivity index (χ0) is 54.3. The summed E-state index contributed by atoms with van der Waals surface area (Å²) in [5, 5.41) is 131. The Morgan fingerprint density at radius 3 is 1.85 bits per heavy atom. The van der Waals surface area contributed by atoms with Gasteiger partial charge in [0, 0.05) is 16.2 Å². The van der Waals surface area contributed by atoms with E-state index in [2.05, 4.69) is 41.5 Å². The molecule has 30 atom stereocenters. The highest BCUT2D eigenvalue weighted by Crippen LogP contribution is 2.80. The minimum Gasteiger partial charge on any atom is -0.394 e. The summed E-state index contributed by atoms with van der Waals surface area (Å²) in [6.07, 6.45) is -23.0. The maximum atomic E-state index is 12.6. The summed E-state index contributed by atoms with van der Waals surface area (Å²) in [5.74, 6) is 0.451. The first-order chi connectivity index (χ1) is 35.2. The van der Waals surface area contributed by atoms with Crippen LogP contribution >= 0.6 is 0 Å². The molecule has 430 valence electrons. The summed E-state index contributed by atoms with van der Waals surface area (Å²) in [4.78, 5) is 12.6. The zero-order valence-electron chi connectivity index (χ0n) is 44.3. The summed E-state index contributed by atoms with van der Waals surface area (Å²) < 4.78 is 55.8. The topological polar surface area (TPSA) is 343 Å². The van der Waals surface area contributed by atoms with Gasteiger partial charge in [-0.25, -0.2) is 0 Å². The third-order valence-electron chi connectivity index (χ3n) is 22.3. The minimum atomic E-state index is -1.96. The second-order valence-electron chi connectivity index (χ2n) is 26.2. The molecule has 0 aromatic rings. The molecule has 5 saturated heterocycles. The largest absolute Gasteiger partial charge is 0.394 e. The van der Waals surface area contributed by atoms with Gasteiger partial charge in [0.15, 0.2) is 25.2 Å². The fourth-order valence-electron chi connectivity index (χ4n) is 17.6. The van der Waals surface area contributed by atoms with E-state index in [0.29, 0.717) is 25.9 Å². The van der Waals surface area contributed by atoms with Crippen LogP contribution in [0.3, 0.4) is 0 Å². The number of aliphatic hydroxyl groups excluding tert-OH is 12. The molecule has 12 N–H and O–H groups in total. The summed E-state index contributed by atoms with van der Waals surface area (Å²) in [6, 6.07) is 0. The second-order valence-corrected chi connectivity index (χ2v) is 26.2. The van der Waals surface area contributed by atoms with E-state index in [-0.39, 0.29) is 46.0 Å². The molecule has 10 aliphatic rings. The van der Waals surface area contributed by atoms with Crippen molar-refractivity contribution in [1.82, 2.24) is 0 Å². The number of hydrogen-bond donors (Lipinski definition) is 12. The van der Waals surface area contributed by atoms with E-state index in [9.17, 15) is 66.1 Å². The first kappa shape index (κ1) is 57.1. The van der Waals surface area contributed by atoms with E-state index in [1.807, 2.05) is 0 Å². The van der Waals surface area contributed by atoms with Gasteiger partial charge in [0.05, 0.1) is 50.3 Å². The number of ether oxygens (including phenoxy) is 9. The molecule has 0 aromatic carbocycles. The maximum Gasteiger partial charge on any atom is 0.187 e. The number of aldehydes is 1. The Labute approximate surface area is 437 Å². The predicted octanol–water partition coefficient (Wildman–Crippen LogP) is -1.50. The van der Waals surface area contributed by atoms with Crippen molar-refractivity contribution in [3.63, 3.8) is 0 Å². The van der Waals surface area contributed by atoms with Crippen molar-refractivity contribution in [3.05, 3.63) is 0 Å². The number of hydrogen-bond acceptors (Lipinski definition) is 22. The number of carbonyl (C=O) groups excluding carboxylic acids is 1. The Balaban J connectivity index is 0.894. The van der Waals surface area contributed by atoms with Crippen molar-refractivity contribution < 1.29 is 109 Å². The molecule has 5 saturated carbocycles. The standard InChI is InChI=1S/C53H86O22/c1-23-32(58)35(61)38(64)43(69-23)74-41-25(19-55)71-45(40(66)37(41)63)75-42-34(60)26(72-44-39(65)36(62)33(59)24(18-54)70-44)20-67-46(42)73-31-10-11-49(5)27(47(31,2)3)8-12-50(6)28(49)9-13-53-29-16-48(4,21-56)14-15-52(29,22-68-53)30(57)17-51(50,53)7/h21,23-46,54-55,57-66H,8-20,22H2,1-7H3. The van der Waals surface area contributed by atoms with E-state index < -0.39 is 159 Å². The molecular formula is C53H86O22. The van der Waals surface area contributed by atoms with Crippen LogP contribution < -0.4 is 0 Å². The maximum absolute atomic E-state index is 12.6. The van der Waals surface area contributed by atoms with Crippen molar-refractivity contribution >= 4 is 6.29 Å². The predicted molar refractivity (Wildman–Crippen MR) is 255 cm³/mol. The molecule has 10 rings (SSSR count). The zero-order valence-corrected chi connectivity index (χ0v) is 44.3. The van der Waals surface area contributed by atoms with Crippen LogP contribution in [0.15, 0.2) is 0 Å². The first-order valence-electron chi connectivity index (χ1n) is 27.5. The molecule has 5 heterocycles. The van der Waals surface area contributed by atoms with Gasteiger partial charge in [0.1, 0.15) is 91.7 Å². The lowest BCUT2D eigenvalue weighted by atomic mass is 9.30. The molecular weight excluding hydrogens is 989 g/mol. The first-order valence-corrected chi connectivity index (χ1v) is 27.5. The quantitative estimate of drug-likeness (QED) is 0.0827. The molecule has 0 amide bonds. The van der Waals surface area contributed by atoms with E-state index in [1.54, 1.807) is 0 Å². The Hall–Kier alpha value is -1.17. The number of fused-ring (bicyclic) bond motifs is 4. The van der Waals surface area contributed by atoms with Crippen LogP contribution in [-0.2, 0) is 47.4 Å². The van der Waals surface area contributed by atoms with Crippen LogP contribution in [0.25, 0.3) is 0 Å². The van der Waals surface area contributed by atoms with Crippen LogP contribution in [-0.4, -0.2) is 229 Å². The molecule has 1 spiro atoms. The highest BCUT2D eigenvalue weighted by Gasteiger charge is 2.80. The van der Waals surface area contributed by atoms with Crippen LogP contribution in [0.1, 0.15) is 113 Å². The molecule has 22 nitrogen and oxygen atoms in total. The summed E-state index contributed by atoms with van der Waals surface area (Å²) in [7, 11) is 0. The van der Waals surface area contributed by atoms with Crippen LogP contribution in [0.4, 0.5) is 0 Å². The van der Waals surface area contributed by atoms with E-state index >= 15 is 0 Å². The van der Waals surface area contributed by atoms with Crippen molar-refractivity contribution in [2.45, 2.75) is 247 Å². The van der Waals surface area contributed by atoms with Crippen molar-refractivity contribution in [2.75, 3.05) is 26.4 Å². The highest BCUT2D eigenvalue weighted by molar-refractivity contribution is 5.59. The van der Waals surface area contributed by atoms with E-state index in [0.717, 1.165) is 51.2 Å². The Bertz CT molecular complexity index is 2050. The number of rotatable bonds is 11. The van der Waals surface area contributed by atoms with Crippen LogP contribution in [0, 0.1) is 50.2 Å². The third-order valence-corrected chi connectivity index (χ3v) is 22.3. The van der Waals surface area contributed by atoms with Gasteiger partial charge in [-0.3, -0.25) is 0 Å². The molecule has 22 heteroatoms. The molecule has 5 aliphatic carbocycles. The monoisotopic (exact) mass is 1070 g/mol. The fourth-order valence-corrected chi connectivity index (χ4v) is 17.6. The SMILES string of the molecule is CC1OC(OC2C(CO)OC(OC3C(OC4CCC5(C)C(CCC6(C)C5CCC57OCC8(CCC(C)(C=O)CC85)C(O)CC67C)C4(C)C)OCC(OC4OC(CO)C(O)C(O)C4O)C3O)C(O)C2O)C(O)C(O)C1O. The lowest BCUT2D eigenvalue weighted by Gasteiger charge is -2.75. The lowest BCUT2D eigenvalue weighted by Crippen LogP contribution is -2.74. The second kappa shape index (κ2) is 20.1. The van der Waals surface area contributed by atoms with Crippen molar-refractivity contribution in [1.29, 1.82) is 0 Å². The summed E-state index contributed by atoms with van der Waals surface area (Å²) in [6.45, 7) is 13.6. The average Bonchev–Trinajstić information content (AvgIpc) is 3.66. The van der Waals surface area contributed by atoms with Crippen LogP contribution in [0.5, 0.6) is 0 Å². The summed E-state index contributed by atoms with van der Waals surface area (Å²) in [5.41, 5.74) is -2.58. The van der Waals surface area contributed by atoms with Gasteiger partial charge in [0.2, 0.25) is 0 Å². The molecule has 75 heavy (non-hydrogen) atoms. The number of carbonyl (C=O) groups is 1. The van der Waals surface area contributed by atoms with E-state index in [1.165, 1.54) is 6.92 Å². The van der Waals surface area contributed by atoms with Gasteiger partial charge in [-0.1, -0.05) is 41.5 Å².